The number of nitrogens with one attached hydrogen (secondary N) is 1. The Kier molecular flexibility index (Phi) is 2.13. The fourth-order valence-corrected chi connectivity index (χ4v) is 2.01. The lowest BCUT2D eigenvalue weighted by atomic mass is 9.93. The minimum Gasteiger partial charge on any atom is -0.490 e. The van der Waals surface area contributed by atoms with Crippen LogP contribution in [0.1, 0.15) is 12.8 Å². The molecule has 2 aromatic carbocycles. The van der Waals surface area contributed by atoms with Crippen LogP contribution in [-0.2, 0) is 0 Å². The van der Waals surface area contributed by atoms with Gasteiger partial charge in [-0.15, -0.1) is 0 Å². The van der Waals surface area contributed by atoms with Gasteiger partial charge >= 0.3 is 0 Å². The molecule has 0 bridgehead atoms. The third-order valence-electron chi connectivity index (χ3n) is 2.97. The smallest absolute Gasteiger partial charge is 0.120 e. The van der Waals surface area contributed by atoms with Gasteiger partial charge in [0.15, 0.2) is 0 Å². The summed E-state index contributed by atoms with van der Waals surface area (Å²) in [6.07, 6.45) is 1.79. The zero-order chi connectivity index (χ0) is 11.0. The molecule has 2 heteroatoms. The van der Waals surface area contributed by atoms with Crippen molar-refractivity contribution >= 4 is 16.5 Å². The molecule has 0 aromatic heterocycles. The van der Waals surface area contributed by atoms with Gasteiger partial charge in [-0.05, 0) is 22.9 Å². The fourth-order valence-electron chi connectivity index (χ4n) is 2.01. The zero-order valence-electron chi connectivity index (χ0n) is 8.94. The minimum absolute atomic E-state index is 0.216. The predicted molar refractivity (Wildman–Crippen MR) is 65.3 cm³/mol. The lowest BCUT2D eigenvalue weighted by molar-refractivity contribution is 0.191. The molecule has 3 rings (SSSR count). The van der Waals surface area contributed by atoms with Crippen LogP contribution in [-0.4, -0.2) is 11.8 Å². The first-order valence-corrected chi connectivity index (χ1v) is 5.53. The summed E-state index contributed by atoms with van der Waals surface area (Å²) >= 11 is 0. The molecule has 0 saturated heterocycles. The van der Waals surface area contributed by atoms with E-state index in [1.54, 1.807) is 0 Å². The van der Waals surface area contributed by atoms with E-state index in [2.05, 4.69) is 24.3 Å². The number of ether oxygens (including phenoxy) is 1. The van der Waals surface area contributed by atoms with Gasteiger partial charge in [-0.25, -0.2) is 0 Å². The SMILES string of the molecule is N=C1CC(Oc2ccc3ccccc3c2)C1. The quantitative estimate of drug-likeness (QED) is 0.811. The molecule has 1 fully saturated rings. The van der Waals surface area contributed by atoms with E-state index >= 15 is 0 Å². The molecule has 1 saturated carbocycles. The summed E-state index contributed by atoms with van der Waals surface area (Å²) in [5.74, 6) is 0.913. The first-order chi connectivity index (χ1) is 7.81. The Balaban J connectivity index is 1.85. The zero-order valence-corrected chi connectivity index (χ0v) is 8.94. The van der Waals surface area contributed by atoms with E-state index in [0.717, 1.165) is 24.3 Å². The van der Waals surface area contributed by atoms with Crippen molar-refractivity contribution in [1.29, 1.82) is 5.41 Å². The van der Waals surface area contributed by atoms with Crippen molar-refractivity contribution in [3.63, 3.8) is 0 Å². The molecule has 0 spiro atoms. The Labute approximate surface area is 94.4 Å². The topological polar surface area (TPSA) is 33.1 Å². The Hall–Kier alpha value is -1.83. The van der Waals surface area contributed by atoms with Crippen LogP contribution in [0.2, 0.25) is 0 Å². The molecule has 0 unspecified atom stereocenters. The highest BCUT2D eigenvalue weighted by molar-refractivity contribution is 5.88. The third kappa shape index (κ3) is 1.67. The maximum atomic E-state index is 7.38. The molecule has 0 atom stereocenters. The van der Waals surface area contributed by atoms with Crippen LogP contribution in [0.15, 0.2) is 42.5 Å². The molecule has 1 aliphatic rings. The first-order valence-electron chi connectivity index (χ1n) is 5.53. The standard InChI is InChI=1S/C14H13NO/c15-12-8-14(9-12)16-13-6-5-10-3-1-2-4-11(10)7-13/h1-7,14-15H,8-9H2. The average molecular weight is 211 g/mol. The van der Waals surface area contributed by atoms with Crippen LogP contribution >= 0.6 is 0 Å². The van der Waals surface area contributed by atoms with Crippen molar-refractivity contribution in [3.05, 3.63) is 42.5 Å². The van der Waals surface area contributed by atoms with Crippen molar-refractivity contribution in [2.45, 2.75) is 18.9 Å². The second kappa shape index (κ2) is 3.63. The van der Waals surface area contributed by atoms with E-state index in [-0.39, 0.29) is 6.10 Å². The summed E-state index contributed by atoms with van der Waals surface area (Å²) in [5.41, 5.74) is 0.797. The molecule has 0 aliphatic heterocycles. The van der Waals surface area contributed by atoms with Gasteiger partial charge in [0.25, 0.3) is 0 Å². The number of fused-ring (bicyclic) bond motifs is 1. The largest absolute Gasteiger partial charge is 0.490 e. The summed E-state index contributed by atoms with van der Waals surface area (Å²) < 4.78 is 5.79. The third-order valence-corrected chi connectivity index (χ3v) is 2.97. The van der Waals surface area contributed by atoms with E-state index < -0.39 is 0 Å². The summed E-state index contributed by atoms with van der Waals surface area (Å²) in [5, 5.41) is 9.81. The van der Waals surface area contributed by atoms with E-state index in [0.29, 0.717) is 0 Å². The van der Waals surface area contributed by atoms with Crippen molar-refractivity contribution < 1.29 is 4.74 Å². The van der Waals surface area contributed by atoms with E-state index in [4.69, 9.17) is 10.1 Å². The molecule has 2 aromatic rings. The lowest BCUT2D eigenvalue weighted by Gasteiger charge is -2.27. The highest BCUT2D eigenvalue weighted by Gasteiger charge is 2.24. The summed E-state index contributed by atoms with van der Waals surface area (Å²) in [6, 6.07) is 14.4. The molecule has 0 heterocycles. The van der Waals surface area contributed by atoms with Crippen molar-refractivity contribution in [2.75, 3.05) is 0 Å². The van der Waals surface area contributed by atoms with Crippen LogP contribution in [0.3, 0.4) is 0 Å². The second-order valence-electron chi connectivity index (χ2n) is 4.26. The highest BCUT2D eigenvalue weighted by atomic mass is 16.5. The van der Waals surface area contributed by atoms with Gasteiger partial charge in [-0.2, -0.15) is 0 Å². The van der Waals surface area contributed by atoms with Gasteiger partial charge in [0.1, 0.15) is 11.9 Å². The van der Waals surface area contributed by atoms with Gasteiger partial charge in [0.05, 0.1) is 0 Å². The molecule has 16 heavy (non-hydrogen) atoms. The van der Waals surface area contributed by atoms with E-state index in [9.17, 15) is 0 Å². The summed E-state index contributed by atoms with van der Waals surface area (Å²) in [7, 11) is 0. The molecule has 0 amide bonds. The molecule has 1 N–H and O–H groups in total. The normalized spacial score (nSPS) is 19.5. The molecular formula is C14H13NO. The molecule has 2 nitrogen and oxygen atoms in total. The van der Waals surface area contributed by atoms with Gasteiger partial charge in [-0.1, -0.05) is 30.3 Å². The van der Waals surface area contributed by atoms with Gasteiger partial charge in [0.2, 0.25) is 0 Å². The van der Waals surface area contributed by atoms with Gasteiger partial charge in [-0.3, -0.25) is 0 Å². The Morgan fingerprint density at radius 2 is 1.75 bits per heavy atom. The van der Waals surface area contributed by atoms with Gasteiger partial charge in [0, 0.05) is 18.6 Å². The van der Waals surface area contributed by atoms with Gasteiger partial charge < -0.3 is 10.1 Å². The number of rotatable bonds is 2. The van der Waals surface area contributed by atoms with Crippen LogP contribution < -0.4 is 4.74 Å². The Bertz CT molecular complexity index is 539. The van der Waals surface area contributed by atoms with Crippen molar-refractivity contribution in [1.82, 2.24) is 0 Å². The number of hydrogen-bond donors (Lipinski definition) is 1. The first kappa shape index (κ1) is 9.40. The maximum absolute atomic E-state index is 7.38. The fraction of sp³-hybridized carbons (Fsp3) is 0.214. The van der Waals surface area contributed by atoms with Crippen LogP contribution in [0.4, 0.5) is 0 Å². The lowest BCUT2D eigenvalue weighted by Crippen LogP contribution is -2.33. The highest BCUT2D eigenvalue weighted by Crippen LogP contribution is 2.25. The monoisotopic (exact) mass is 211 g/mol. The average Bonchev–Trinajstić information content (AvgIpc) is 2.27. The molecule has 80 valence electrons. The van der Waals surface area contributed by atoms with Crippen molar-refractivity contribution in [3.8, 4) is 5.75 Å². The van der Waals surface area contributed by atoms with Crippen molar-refractivity contribution in [2.24, 2.45) is 0 Å². The minimum atomic E-state index is 0.216. The van der Waals surface area contributed by atoms with Crippen LogP contribution in [0, 0.1) is 5.41 Å². The number of hydrogen-bond acceptors (Lipinski definition) is 2. The maximum Gasteiger partial charge on any atom is 0.120 e. The Morgan fingerprint density at radius 1 is 1.00 bits per heavy atom. The van der Waals surface area contributed by atoms with E-state index in [1.165, 1.54) is 10.8 Å². The predicted octanol–water partition coefficient (Wildman–Crippen LogP) is 3.40. The molecule has 1 aliphatic carbocycles. The second-order valence-corrected chi connectivity index (χ2v) is 4.26. The summed E-state index contributed by atoms with van der Waals surface area (Å²) in [4.78, 5) is 0. The van der Waals surface area contributed by atoms with Crippen LogP contribution in [0.25, 0.3) is 10.8 Å². The van der Waals surface area contributed by atoms with Crippen LogP contribution in [0.5, 0.6) is 5.75 Å². The number of benzene rings is 2. The molecular weight excluding hydrogens is 198 g/mol. The molecule has 0 radical (unpaired) electrons. The van der Waals surface area contributed by atoms with E-state index in [1.807, 2.05) is 18.2 Å². The summed E-state index contributed by atoms with van der Waals surface area (Å²) in [6.45, 7) is 0. The Morgan fingerprint density at radius 3 is 2.50 bits per heavy atom.